The molecule has 2 aliphatic heterocycles. The van der Waals surface area contributed by atoms with Crippen molar-refractivity contribution in [2.24, 2.45) is 28.1 Å². The number of nitrogens with zero attached hydrogens (tertiary/aromatic N) is 2. The van der Waals surface area contributed by atoms with Crippen molar-refractivity contribution in [3.63, 3.8) is 0 Å². The predicted octanol–water partition coefficient (Wildman–Crippen LogP) is 2.38. The molecule has 3 rings (SSSR count). The number of likely N-dealkylation sites (tertiary alicyclic amines) is 2. The van der Waals surface area contributed by atoms with Crippen LogP contribution in [0.2, 0.25) is 0 Å². The van der Waals surface area contributed by atoms with Crippen LogP contribution in [-0.2, 0) is 24.0 Å². The molecule has 6 atom stereocenters. The highest BCUT2D eigenvalue weighted by Crippen LogP contribution is 2.65. The summed E-state index contributed by atoms with van der Waals surface area (Å²) >= 11 is 0. The van der Waals surface area contributed by atoms with Gasteiger partial charge in [-0.25, -0.2) is 4.79 Å². The van der Waals surface area contributed by atoms with Crippen LogP contribution in [0.4, 0.5) is 4.79 Å². The van der Waals surface area contributed by atoms with Crippen molar-refractivity contribution >= 4 is 35.4 Å². The van der Waals surface area contributed by atoms with Gasteiger partial charge in [-0.05, 0) is 47.3 Å². The van der Waals surface area contributed by atoms with E-state index in [-0.39, 0.29) is 36.1 Å². The Kier molecular flexibility index (Phi) is 11.4. The van der Waals surface area contributed by atoms with Gasteiger partial charge < -0.3 is 31.1 Å². The Morgan fingerprint density at radius 2 is 1.43 bits per heavy atom. The fraction of sp³-hybridized carbons (Fsp3) is 0.765. The van der Waals surface area contributed by atoms with Crippen molar-refractivity contribution in [1.29, 1.82) is 0 Å². The van der Waals surface area contributed by atoms with Crippen LogP contribution in [0.25, 0.3) is 0 Å². The second-order valence-corrected chi connectivity index (χ2v) is 15.9. The summed E-state index contributed by atoms with van der Waals surface area (Å²) in [4.78, 5) is 83.7. The molecule has 12 nitrogen and oxygen atoms in total. The first kappa shape index (κ1) is 37.0. The number of Topliss-reactive ketones (excluding diaryl/α,β-unsaturated/α-hetero) is 1. The van der Waals surface area contributed by atoms with Gasteiger partial charge in [0.05, 0.1) is 6.04 Å². The maximum Gasteiger partial charge on any atom is 0.316 e. The molecule has 12 heteroatoms. The van der Waals surface area contributed by atoms with Gasteiger partial charge in [0.2, 0.25) is 23.5 Å². The van der Waals surface area contributed by atoms with E-state index < -0.39 is 64.5 Å². The molecule has 6 amide bonds. The highest BCUT2D eigenvalue weighted by Gasteiger charge is 2.70. The topological polar surface area (TPSA) is 157 Å². The number of rotatable bonds is 12. The number of amides is 6. The quantitative estimate of drug-likeness (QED) is 0.189. The van der Waals surface area contributed by atoms with Gasteiger partial charge in [0.15, 0.2) is 0 Å². The Balaban J connectivity index is 1.82. The van der Waals surface area contributed by atoms with Gasteiger partial charge in [0, 0.05) is 26.2 Å². The van der Waals surface area contributed by atoms with Crippen molar-refractivity contribution < 1.29 is 28.8 Å². The third-order valence-electron chi connectivity index (χ3n) is 9.80. The Morgan fingerprint density at radius 3 is 1.93 bits per heavy atom. The first-order valence-electron chi connectivity index (χ1n) is 16.7. The highest BCUT2D eigenvalue weighted by molar-refractivity contribution is 6.38. The number of hydrogen-bond donors (Lipinski definition) is 4. The summed E-state index contributed by atoms with van der Waals surface area (Å²) in [6.07, 6.45) is 4.13. The minimum Gasteiger partial charge on any atom is -0.346 e. The van der Waals surface area contributed by atoms with E-state index in [4.69, 9.17) is 0 Å². The van der Waals surface area contributed by atoms with E-state index in [0.717, 1.165) is 12.8 Å². The standard InChI is InChI=1S/C34H56N6O6/c1-11-15-21(24(41)28(43)35-16-12-2)36-27(42)23-22-20(34(22,9)10)19-40(23)30(45)26(33(6,7)8)38-31(46)37-25(32(3,4)5)29(44)39-17-13-14-18-39/h12,20-23,25-26H,2,11,13-19H2,1,3-10H3,(H,35,43)(H,36,42)(H2,37,38,46)/t20-,21?,22-,23-,25+,26+/m0/s1. The third-order valence-corrected chi connectivity index (χ3v) is 9.80. The lowest BCUT2D eigenvalue weighted by atomic mass is 9.84. The summed E-state index contributed by atoms with van der Waals surface area (Å²) in [6, 6.07) is -4.35. The summed E-state index contributed by atoms with van der Waals surface area (Å²) in [7, 11) is 0. The molecule has 0 spiro atoms. The highest BCUT2D eigenvalue weighted by atomic mass is 16.2. The fourth-order valence-corrected chi connectivity index (χ4v) is 6.93. The van der Waals surface area contributed by atoms with E-state index in [1.54, 1.807) is 4.90 Å². The molecule has 0 aromatic carbocycles. The predicted molar refractivity (Wildman–Crippen MR) is 175 cm³/mol. The monoisotopic (exact) mass is 644 g/mol. The number of urea groups is 1. The normalized spacial score (nSPS) is 23.8. The molecule has 1 unspecified atom stereocenters. The third kappa shape index (κ3) is 8.09. The van der Waals surface area contributed by atoms with Gasteiger partial charge >= 0.3 is 6.03 Å². The van der Waals surface area contributed by atoms with E-state index in [2.05, 4.69) is 41.7 Å². The molecule has 1 aliphatic carbocycles. The lowest BCUT2D eigenvalue weighted by Gasteiger charge is -2.39. The molecule has 3 aliphatic rings. The molecule has 0 aromatic rings. The minimum atomic E-state index is -1.04. The number of ketones is 1. The summed E-state index contributed by atoms with van der Waals surface area (Å²) in [5.74, 6) is -2.67. The maximum absolute atomic E-state index is 14.3. The molecule has 3 fully saturated rings. The number of nitrogens with one attached hydrogen (secondary N) is 4. The van der Waals surface area contributed by atoms with Crippen LogP contribution >= 0.6 is 0 Å². The van der Waals surface area contributed by atoms with E-state index >= 15 is 0 Å². The molecular formula is C34H56N6O6. The minimum absolute atomic E-state index is 0.0706. The van der Waals surface area contributed by atoms with Gasteiger partial charge in [0.25, 0.3) is 5.91 Å². The molecule has 2 heterocycles. The van der Waals surface area contributed by atoms with E-state index in [0.29, 0.717) is 26.1 Å². The number of carbonyl (C=O) groups is 6. The van der Waals surface area contributed by atoms with Crippen LogP contribution in [0.1, 0.15) is 88.0 Å². The number of hydrogen-bond acceptors (Lipinski definition) is 6. The Morgan fingerprint density at radius 1 is 0.891 bits per heavy atom. The van der Waals surface area contributed by atoms with Crippen LogP contribution in [0.3, 0.4) is 0 Å². The molecule has 0 aromatic heterocycles. The maximum atomic E-state index is 14.3. The summed E-state index contributed by atoms with van der Waals surface area (Å²) < 4.78 is 0. The summed E-state index contributed by atoms with van der Waals surface area (Å²) in [5.41, 5.74) is -1.50. The van der Waals surface area contributed by atoms with Crippen molar-refractivity contribution in [3.8, 4) is 0 Å². The van der Waals surface area contributed by atoms with Crippen LogP contribution in [0.15, 0.2) is 12.7 Å². The molecule has 1 saturated carbocycles. The number of carbonyl (C=O) groups excluding carboxylic acids is 6. The van der Waals surface area contributed by atoms with Crippen LogP contribution in [-0.4, -0.2) is 95.6 Å². The van der Waals surface area contributed by atoms with Crippen LogP contribution in [0.5, 0.6) is 0 Å². The second kappa shape index (κ2) is 14.1. The molecule has 4 N–H and O–H groups in total. The van der Waals surface area contributed by atoms with Crippen molar-refractivity contribution in [1.82, 2.24) is 31.1 Å². The zero-order chi connectivity index (χ0) is 34.8. The SMILES string of the molecule is C=CCNC(=O)C(=O)C(CCC)NC(=O)[C@@H]1[C@@H]2[C@H](CN1C(=O)[C@@H](NC(=O)N[C@H](C(=O)N1CCCC1)C(C)(C)C)C(C)(C)C)C2(C)C. The summed E-state index contributed by atoms with van der Waals surface area (Å²) in [6.45, 7) is 22.4. The Bertz CT molecular complexity index is 1210. The molecule has 46 heavy (non-hydrogen) atoms. The number of piperidine rings is 1. The van der Waals surface area contributed by atoms with E-state index in [9.17, 15) is 28.8 Å². The van der Waals surface area contributed by atoms with Gasteiger partial charge in [-0.3, -0.25) is 24.0 Å². The molecule has 0 radical (unpaired) electrons. The van der Waals surface area contributed by atoms with Gasteiger partial charge in [-0.1, -0.05) is 74.8 Å². The van der Waals surface area contributed by atoms with Crippen molar-refractivity contribution in [2.45, 2.75) is 112 Å². The summed E-state index contributed by atoms with van der Waals surface area (Å²) in [5, 5.41) is 11.0. The zero-order valence-corrected chi connectivity index (χ0v) is 29.2. The largest absolute Gasteiger partial charge is 0.346 e. The zero-order valence-electron chi connectivity index (χ0n) is 29.2. The van der Waals surface area contributed by atoms with Gasteiger partial charge in [-0.15, -0.1) is 6.58 Å². The molecule has 258 valence electrons. The smallest absolute Gasteiger partial charge is 0.316 e. The molecule has 0 bridgehead atoms. The van der Waals surface area contributed by atoms with Gasteiger partial charge in [-0.2, -0.15) is 0 Å². The lowest BCUT2D eigenvalue weighted by Crippen LogP contribution is -2.63. The van der Waals surface area contributed by atoms with Crippen LogP contribution in [0, 0.1) is 28.1 Å². The Hall–Kier alpha value is -3.44. The van der Waals surface area contributed by atoms with Crippen LogP contribution < -0.4 is 21.3 Å². The Labute approximate surface area is 274 Å². The lowest BCUT2D eigenvalue weighted by molar-refractivity contribution is -0.145. The fourth-order valence-electron chi connectivity index (χ4n) is 6.93. The average Bonchev–Trinajstić information content (AvgIpc) is 3.41. The second-order valence-electron chi connectivity index (χ2n) is 15.9. The van der Waals surface area contributed by atoms with E-state index in [1.165, 1.54) is 11.0 Å². The number of fused-ring (bicyclic) bond motifs is 1. The molecular weight excluding hydrogens is 588 g/mol. The average molecular weight is 645 g/mol. The van der Waals surface area contributed by atoms with E-state index in [1.807, 2.05) is 48.5 Å². The van der Waals surface area contributed by atoms with Crippen molar-refractivity contribution in [3.05, 3.63) is 12.7 Å². The first-order chi connectivity index (χ1) is 21.3. The van der Waals surface area contributed by atoms with Crippen molar-refractivity contribution in [2.75, 3.05) is 26.2 Å². The first-order valence-corrected chi connectivity index (χ1v) is 16.7. The van der Waals surface area contributed by atoms with Gasteiger partial charge in [0.1, 0.15) is 18.1 Å². The molecule has 2 saturated heterocycles.